The summed E-state index contributed by atoms with van der Waals surface area (Å²) >= 11 is 0. The lowest BCUT2D eigenvalue weighted by Gasteiger charge is -2.49. The monoisotopic (exact) mass is 362 g/mol. The van der Waals surface area contributed by atoms with Crippen LogP contribution in [0.25, 0.3) is 0 Å². The zero-order valence-corrected chi connectivity index (χ0v) is 15.5. The number of nitro groups is 1. The van der Waals surface area contributed by atoms with Crippen LogP contribution in [0.1, 0.15) is 37.3 Å². The van der Waals surface area contributed by atoms with E-state index in [4.69, 9.17) is 4.99 Å². The van der Waals surface area contributed by atoms with Crippen molar-refractivity contribution in [2.45, 2.75) is 37.9 Å². The van der Waals surface area contributed by atoms with Crippen molar-refractivity contribution < 1.29 is 4.92 Å². The number of hydrogen-bond donors (Lipinski definition) is 0. The Bertz CT molecular complexity index is 951. The fraction of sp³-hybridized carbons (Fsp3) is 0.381. The summed E-state index contributed by atoms with van der Waals surface area (Å²) in [6.07, 6.45) is 1.22. The van der Waals surface area contributed by atoms with E-state index in [1.807, 2.05) is 12.1 Å². The number of rotatable bonds is 2. The summed E-state index contributed by atoms with van der Waals surface area (Å²) in [6.45, 7) is 6.26. The van der Waals surface area contributed by atoms with Crippen molar-refractivity contribution in [3.63, 3.8) is 0 Å². The third-order valence-electron chi connectivity index (χ3n) is 6.11. The van der Waals surface area contributed by atoms with Gasteiger partial charge in [0.05, 0.1) is 17.0 Å². The third kappa shape index (κ3) is 2.29. The minimum absolute atomic E-state index is 0.0465. The van der Waals surface area contributed by atoms with E-state index in [0.29, 0.717) is 5.92 Å². The molecule has 0 spiro atoms. The van der Waals surface area contributed by atoms with Crippen LogP contribution in [0.2, 0.25) is 0 Å². The number of aliphatic imine (C=N–C) groups is 1. The molecule has 2 unspecified atom stereocenters. The number of benzene rings is 2. The van der Waals surface area contributed by atoms with Crippen LogP contribution < -0.4 is 4.90 Å². The molecule has 3 heterocycles. The zero-order valence-electron chi connectivity index (χ0n) is 15.5. The highest BCUT2D eigenvalue weighted by Gasteiger charge is 2.51. The fourth-order valence-electron chi connectivity index (χ4n) is 4.86. The standard InChI is InChI=1S/C21H22N4O2/c1-21(2)13-22-19-17-5-3-4-6-18(17)23-12-11-16(20(23)24(19)21)14-7-9-15(10-8-14)25(26)27/h3-10,16,20H,11-13H2,1-2H3. The number of nitro benzene ring substituents is 1. The van der Waals surface area contributed by atoms with Gasteiger partial charge in [0.2, 0.25) is 0 Å². The van der Waals surface area contributed by atoms with Crippen molar-refractivity contribution in [1.29, 1.82) is 0 Å². The molecule has 2 aromatic rings. The number of nitrogens with zero attached hydrogens (tertiary/aromatic N) is 4. The normalized spacial score (nSPS) is 24.9. The topological polar surface area (TPSA) is 62.0 Å². The van der Waals surface area contributed by atoms with Gasteiger partial charge in [-0.05, 0) is 38.0 Å². The van der Waals surface area contributed by atoms with E-state index in [9.17, 15) is 10.1 Å². The van der Waals surface area contributed by atoms with Crippen LogP contribution in [-0.4, -0.2) is 40.5 Å². The molecule has 6 nitrogen and oxygen atoms in total. The first-order valence-electron chi connectivity index (χ1n) is 9.41. The molecule has 1 fully saturated rings. The maximum Gasteiger partial charge on any atom is 0.269 e. The molecule has 3 aliphatic heterocycles. The molecule has 0 bridgehead atoms. The van der Waals surface area contributed by atoms with E-state index in [0.717, 1.165) is 30.9 Å². The lowest BCUT2D eigenvalue weighted by Crippen LogP contribution is -2.60. The molecule has 0 aliphatic carbocycles. The number of para-hydroxylation sites is 1. The Morgan fingerprint density at radius 2 is 1.89 bits per heavy atom. The van der Waals surface area contributed by atoms with Crippen LogP contribution in [0.5, 0.6) is 0 Å². The number of anilines is 1. The summed E-state index contributed by atoms with van der Waals surface area (Å²) < 4.78 is 0. The molecule has 3 aliphatic rings. The molecule has 2 atom stereocenters. The smallest absolute Gasteiger partial charge is 0.269 e. The van der Waals surface area contributed by atoms with Crippen LogP contribution in [0.15, 0.2) is 53.5 Å². The van der Waals surface area contributed by atoms with Gasteiger partial charge in [0.25, 0.3) is 5.69 Å². The van der Waals surface area contributed by atoms with E-state index in [1.165, 1.54) is 11.3 Å². The summed E-state index contributed by atoms with van der Waals surface area (Å²) in [4.78, 5) is 20.5. The highest BCUT2D eigenvalue weighted by molar-refractivity contribution is 6.07. The molecular formula is C21H22N4O2. The Balaban J connectivity index is 1.61. The van der Waals surface area contributed by atoms with Crippen molar-refractivity contribution >= 4 is 17.2 Å². The van der Waals surface area contributed by atoms with Crippen molar-refractivity contribution in [2.24, 2.45) is 4.99 Å². The van der Waals surface area contributed by atoms with E-state index in [2.05, 4.69) is 47.9 Å². The molecule has 0 aromatic heterocycles. The summed E-state index contributed by atoms with van der Waals surface area (Å²) in [5, 5.41) is 11.0. The lowest BCUT2D eigenvalue weighted by atomic mass is 9.90. The van der Waals surface area contributed by atoms with Gasteiger partial charge in [-0.3, -0.25) is 15.1 Å². The molecule has 0 radical (unpaired) electrons. The quantitative estimate of drug-likeness (QED) is 0.603. The van der Waals surface area contributed by atoms with E-state index < -0.39 is 0 Å². The van der Waals surface area contributed by atoms with Crippen LogP contribution in [-0.2, 0) is 0 Å². The largest absolute Gasteiger partial charge is 0.350 e. The molecule has 27 heavy (non-hydrogen) atoms. The van der Waals surface area contributed by atoms with E-state index in [-0.39, 0.29) is 22.3 Å². The lowest BCUT2D eigenvalue weighted by molar-refractivity contribution is -0.384. The fourth-order valence-corrected chi connectivity index (χ4v) is 4.86. The van der Waals surface area contributed by atoms with Gasteiger partial charge in [-0.25, -0.2) is 0 Å². The van der Waals surface area contributed by atoms with Crippen LogP contribution in [0.4, 0.5) is 11.4 Å². The van der Waals surface area contributed by atoms with Crippen molar-refractivity contribution in [3.05, 3.63) is 69.8 Å². The summed E-state index contributed by atoms with van der Waals surface area (Å²) in [7, 11) is 0. The Kier molecular flexibility index (Phi) is 3.35. The predicted molar refractivity (Wildman–Crippen MR) is 105 cm³/mol. The first-order valence-corrected chi connectivity index (χ1v) is 9.41. The minimum atomic E-state index is -0.337. The first-order chi connectivity index (χ1) is 13.0. The molecular weight excluding hydrogens is 340 g/mol. The second-order valence-corrected chi connectivity index (χ2v) is 8.19. The van der Waals surface area contributed by atoms with Crippen LogP contribution >= 0.6 is 0 Å². The summed E-state index contributed by atoms with van der Waals surface area (Å²) in [5.41, 5.74) is 3.72. The minimum Gasteiger partial charge on any atom is -0.350 e. The Labute approximate surface area is 158 Å². The van der Waals surface area contributed by atoms with Crippen LogP contribution in [0, 0.1) is 10.1 Å². The number of fused-ring (bicyclic) bond motifs is 6. The Morgan fingerprint density at radius 3 is 2.63 bits per heavy atom. The van der Waals surface area contributed by atoms with Crippen molar-refractivity contribution in [3.8, 4) is 0 Å². The third-order valence-corrected chi connectivity index (χ3v) is 6.11. The highest BCUT2D eigenvalue weighted by Crippen LogP contribution is 2.47. The number of hydrogen-bond acceptors (Lipinski definition) is 5. The van der Waals surface area contributed by atoms with Gasteiger partial charge >= 0.3 is 0 Å². The molecule has 6 heteroatoms. The van der Waals surface area contributed by atoms with E-state index >= 15 is 0 Å². The second-order valence-electron chi connectivity index (χ2n) is 8.19. The molecule has 138 valence electrons. The van der Waals surface area contributed by atoms with Gasteiger partial charge in [-0.15, -0.1) is 0 Å². The van der Waals surface area contributed by atoms with Gasteiger partial charge < -0.3 is 9.80 Å². The molecule has 5 rings (SSSR count). The summed E-state index contributed by atoms with van der Waals surface area (Å²) in [6, 6.07) is 15.6. The average Bonchev–Trinajstić information content (AvgIpc) is 3.23. The molecule has 0 saturated carbocycles. The van der Waals surface area contributed by atoms with Gasteiger partial charge in [0.1, 0.15) is 12.0 Å². The van der Waals surface area contributed by atoms with Gasteiger partial charge in [-0.2, -0.15) is 0 Å². The Hall–Kier alpha value is -2.89. The van der Waals surface area contributed by atoms with Gasteiger partial charge in [0, 0.05) is 35.8 Å². The zero-order chi connectivity index (χ0) is 18.8. The second kappa shape index (κ2) is 5.55. The van der Waals surface area contributed by atoms with Crippen molar-refractivity contribution in [2.75, 3.05) is 18.0 Å². The van der Waals surface area contributed by atoms with Gasteiger partial charge in [0.15, 0.2) is 0 Å². The average molecular weight is 362 g/mol. The number of amidine groups is 1. The maximum absolute atomic E-state index is 11.0. The molecule has 0 amide bonds. The molecule has 2 aromatic carbocycles. The van der Waals surface area contributed by atoms with Crippen LogP contribution in [0.3, 0.4) is 0 Å². The molecule has 1 saturated heterocycles. The predicted octanol–water partition coefficient (Wildman–Crippen LogP) is 3.77. The van der Waals surface area contributed by atoms with Gasteiger partial charge in [-0.1, -0.05) is 24.3 Å². The van der Waals surface area contributed by atoms with Crippen molar-refractivity contribution in [1.82, 2.24) is 4.90 Å². The SMILES string of the molecule is CC1(C)CN=C2c3ccccc3N3CCC(c4ccc([N+](=O)[O-])cc4)C3N21. The number of non-ortho nitro benzene ring substituents is 1. The van der Waals surface area contributed by atoms with E-state index in [1.54, 1.807) is 12.1 Å². The molecule has 0 N–H and O–H groups in total. The first kappa shape index (κ1) is 16.3. The highest BCUT2D eigenvalue weighted by atomic mass is 16.6. The summed E-state index contributed by atoms with van der Waals surface area (Å²) in [5.74, 6) is 1.38. The Morgan fingerprint density at radius 1 is 1.15 bits per heavy atom. The maximum atomic E-state index is 11.0.